The number of nitrogens with one attached hydrogen (secondary N) is 1. The summed E-state index contributed by atoms with van der Waals surface area (Å²) in [6, 6.07) is 6.26. The van der Waals surface area contributed by atoms with Crippen molar-refractivity contribution < 1.29 is 0 Å². The fraction of sp³-hybridized carbons (Fsp3) is 0.474. The maximum Gasteiger partial charge on any atom is 0.140 e. The number of hydrogen-bond donors (Lipinski definition) is 2. The van der Waals surface area contributed by atoms with Crippen molar-refractivity contribution >= 4 is 17.4 Å². The first-order chi connectivity index (χ1) is 13.2. The van der Waals surface area contributed by atoms with E-state index in [1.54, 1.807) is 7.05 Å². The molecule has 0 saturated carbocycles. The maximum absolute atomic E-state index is 5.68. The molecule has 0 bridgehead atoms. The first-order valence-electron chi connectivity index (χ1n) is 9.49. The summed E-state index contributed by atoms with van der Waals surface area (Å²) in [6.07, 6.45) is 6.42. The van der Waals surface area contributed by atoms with Gasteiger partial charge in [0.05, 0.1) is 5.69 Å². The smallest absolute Gasteiger partial charge is 0.140 e. The summed E-state index contributed by atoms with van der Waals surface area (Å²) < 4.78 is 0. The molecule has 27 heavy (non-hydrogen) atoms. The Morgan fingerprint density at radius 1 is 1.26 bits per heavy atom. The number of pyridine rings is 1. The molecule has 0 aliphatic carbocycles. The number of aliphatic imine (C=N–C) groups is 1. The molecule has 0 amide bonds. The minimum Gasteiger partial charge on any atom is -0.354 e. The van der Waals surface area contributed by atoms with Crippen LogP contribution in [0.4, 0.5) is 5.82 Å². The molecule has 0 aromatic carbocycles. The van der Waals surface area contributed by atoms with E-state index in [0.29, 0.717) is 0 Å². The topological polar surface area (TPSA) is 76.3 Å². The van der Waals surface area contributed by atoms with Crippen molar-refractivity contribution in [3.05, 3.63) is 42.2 Å². The molecule has 4 rings (SSSR count). The van der Waals surface area contributed by atoms with Crippen LogP contribution in [-0.2, 0) is 0 Å². The van der Waals surface area contributed by atoms with E-state index in [2.05, 4.69) is 67.6 Å². The number of aromatic nitrogens is 1. The minimum atomic E-state index is 0.135. The molecule has 1 aromatic heterocycles. The third kappa shape index (κ3) is 3.50. The van der Waals surface area contributed by atoms with Gasteiger partial charge in [-0.1, -0.05) is 6.07 Å². The van der Waals surface area contributed by atoms with Crippen LogP contribution in [0.25, 0.3) is 5.70 Å². The zero-order valence-electron chi connectivity index (χ0n) is 16.0. The molecule has 0 spiro atoms. The summed E-state index contributed by atoms with van der Waals surface area (Å²) in [6.45, 7) is 5.72. The molecular formula is C19H28N8. The fourth-order valence-corrected chi connectivity index (χ4v) is 3.78. The largest absolute Gasteiger partial charge is 0.354 e. The van der Waals surface area contributed by atoms with Crippen molar-refractivity contribution in [1.82, 2.24) is 25.2 Å². The lowest BCUT2D eigenvalue weighted by Crippen LogP contribution is -2.50. The molecule has 3 N–H and O–H groups in total. The molecule has 1 saturated heterocycles. The summed E-state index contributed by atoms with van der Waals surface area (Å²) in [5, 5.41) is 2.12. The monoisotopic (exact) mass is 368 g/mol. The van der Waals surface area contributed by atoms with E-state index < -0.39 is 0 Å². The number of nitrogens with two attached hydrogens (primary N) is 1. The summed E-state index contributed by atoms with van der Waals surface area (Å²) in [7, 11) is 3.87. The summed E-state index contributed by atoms with van der Waals surface area (Å²) in [4.78, 5) is 16.2. The number of likely N-dealkylation sites (N-methyl/N-ethyl adjacent to an activating group) is 1. The van der Waals surface area contributed by atoms with Gasteiger partial charge in [0.25, 0.3) is 0 Å². The molecule has 4 heterocycles. The molecule has 144 valence electrons. The molecule has 8 heteroatoms. The predicted octanol–water partition coefficient (Wildman–Crippen LogP) is 0.137. The van der Waals surface area contributed by atoms with Gasteiger partial charge in [0.2, 0.25) is 0 Å². The first-order valence-corrected chi connectivity index (χ1v) is 9.49. The SMILES string of the molecule is CN=C1C=CC2N(C)C=C(c3cccc(N4CCN(CCN)CC4)n3)N2N1. The van der Waals surface area contributed by atoms with E-state index in [1.807, 2.05) is 6.08 Å². The number of nitrogens with zero attached hydrogens (tertiary/aromatic N) is 6. The molecule has 0 radical (unpaired) electrons. The molecule has 1 unspecified atom stereocenters. The molecule has 1 fully saturated rings. The average molecular weight is 368 g/mol. The van der Waals surface area contributed by atoms with Crippen molar-refractivity contribution in [3.8, 4) is 0 Å². The Kier molecular flexibility index (Phi) is 5.00. The van der Waals surface area contributed by atoms with Gasteiger partial charge in [-0.2, -0.15) is 0 Å². The fourth-order valence-electron chi connectivity index (χ4n) is 3.78. The maximum atomic E-state index is 5.68. The Morgan fingerprint density at radius 3 is 2.81 bits per heavy atom. The van der Waals surface area contributed by atoms with Crippen LogP contribution in [0.5, 0.6) is 0 Å². The van der Waals surface area contributed by atoms with Gasteiger partial charge in [-0.3, -0.25) is 20.3 Å². The third-order valence-corrected chi connectivity index (χ3v) is 5.31. The number of rotatable bonds is 4. The first kappa shape index (κ1) is 17.8. The van der Waals surface area contributed by atoms with Crippen LogP contribution >= 0.6 is 0 Å². The van der Waals surface area contributed by atoms with E-state index in [4.69, 9.17) is 10.7 Å². The van der Waals surface area contributed by atoms with Crippen molar-refractivity contribution in [2.45, 2.75) is 6.17 Å². The van der Waals surface area contributed by atoms with E-state index in [0.717, 1.165) is 62.3 Å². The standard InChI is InChI=1S/C19H28N8/c1-21-17-6-7-19-24(2)14-16(27(19)23-17)15-4-3-5-18(22-15)26-12-10-25(9-8-20)11-13-26/h3-7,14,19H,8-13,20H2,1-2H3,(H,21,23). The Hall–Kier alpha value is -2.58. The van der Waals surface area contributed by atoms with Gasteiger partial charge >= 0.3 is 0 Å². The lowest BCUT2D eigenvalue weighted by atomic mass is 10.2. The van der Waals surface area contributed by atoms with Gasteiger partial charge in [-0.05, 0) is 24.3 Å². The minimum absolute atomic E-state index is 0.135. The summed E-state index contributed by atoms with van der Waals surface area (Å²) >= 11 is 0. The number of amidine groups is 1. The zero-order chi connectivity index (χ0) is 18.8. The van der Waals surface area contributed by atoms with Crippen LogP contribution in [0.2, 0.25) is 0 Å². The predicted molar refractivity (Wildman–Crippen MR) is 109 cm³/mol. The summed E-state index contributed by atoms with van der Waals surface area (Å²) in [5.74, 6) is 1.88. The van der Waals surface area contributed by atoms with Crippen molar-refractivity contribution in [2.75, 3.05) is 58.3 Å². The zero-order valence-corrected chi connectivity index (χ0v) is 16.0. The number of hydrazine groups is 1. The van der Waals surface area contributed by atoms with E-state index in [9.17, 15) is 0 Å². The van der Waals surface area contributed by atoms with Gasteiger partial charge in [-0.15, -0.1) is 0 Å². The Morgan fingerprint density at radius 2 is 2.07 bits per heavy atom. The van der Waals surface area contributed by atoms with Crippen LogP contribution in [-0.4, -0.2) is 85.2 Å². The number of hydrogen-bond acceptors (Lipinski definition) is 7. The molecular weight excluding hydrogens is 340 g/mol. The van der Waals surface area contributed by atoms with Crippen molar-refractivity contribution in [2.24, 2.45) is 10.7 Å². The normalized spacial score (nSPS) is 24.3. The highest BCUT2D eigenvalue weighted by molar-refractivity contribution is 5.94. The van der Waals surface area contributed by atoms with Gasteiger partial charge in [-0.25, -0.2) is 4.98 Å². The Bertz CT molecular complexity index is 763. The molecule has 1 aromatic rings. The van der Waals surface area contributed by atoms with Gasteiger partial charge < -0.3 is 15.5 Å². The second kappa shape index (κ2) is 7.58. The number of fused-ring (bicyclic) bond motifs is 1. The molecule has 3 aliphatic heterocycles. The Balaban J connectivity index is 1.53. The van der Waals surface area contributed by atoms with Crippen LogP contribution < -0.4 is 16.1 Å². The second-order valence-electron chi connectivity index (χ2n) is 7.04. The molecule has 8 nitrogen and oxygen atoms in total. The summed E-state index contributed by atoms with van der Waals surface area (Å²) in [5.41, 5.74) is 11.1. The van der Waals surface area contributed by atoms with Gasteiger partial charge in [0, 0.05) is 59.6 Å². The number of piperazine rings is 1. The average Bonchev–Trinajstić information content (AvgIpc) is 3.05. The lowest BCUT2D eigenvalue weighted by Gasteiger charge is -2.36. The molecule has 1 atom stereocenters. The highest BCUT2D eigenvalue weighted by atomic mass is 15.6. The number of anilines is 1. The molecule has 3 aliphatic rings. The second-order valence-corrected chi connectivity index (χ2v) is 7.04. The Labute approximate surface area is 160 Å². The van der Waals surface area contributed by atoms with E-state index in [-0.39, 0.29) is 6.17 Å². The van der Waals surface area contributed by atoms with Crippen LogP contribution in [0.1, 0.15) is 5.69 Å². The van der Waals surface area contributed by atoms with Gasteiger partial charge in [0.1, 0.15) is 23.5 Å². The van der Waals surface area contributed by atoms with Crippen LogP contribution in [0.15, 0.2) is 41.5 Å². The van der Waals surface area contributed by atoms with Gasteiger partial charge in [0.15, 0.2) is 0 Å². The van der Waals surface area contributed by atoms with E-state index >= 15 is 0 Å². The van der Waals surface area contributed by atoms with Crippen molar-refractivity contribution in [3.63, 3.8) is 0 Å². The van der Waals surface area contributed by atoms with Crippen LogP contribution in [0, 0.1) is 0 Å². The highest BCUT2D eigenvalue weighted by Gasteiger charge is 2.33. The highest BCUT2D eigenvalue weighted by Crippen LogP contribution is 2.30. The quantitative estimate of drug-likeness (QED) is 0.783. The van der Waals surface area contributed by atoms with Crippen molar-refractivity contribution in [1.29, 1.82) is 0 Å². The lowest BCUT2D eigenvalue weighted by molar-refractivity contribution is 0.200. The third-order valence-electron chi connectivity index (χ3n) is 5.31. The van der Waals surface area contributed by atoms with E-state index in [1.165, 1.54) is 0 Å². The van der Waals surface area contributed by atoms with Crippen LogP contribution in [0.3, 0.4) is 0 Å².